The molecule has 0 N–H and O–H groups in total. The lowest BCUT2D eigenvalue weighted by Crippen LogP contribution is -2.40. The number of aromatic nitrogens is 1. The van der Waals surface area contributed by atoms with Gasteiger partial charge in [0.05, 0.1) is 40.5 Å². The van der Waals surface area contributed by atoms with Gasteiger partial charge in [-0.2, -0.15) is 26.3 Å². The first-order valence-electron chi connectivity index (χ1n) is 22.1. The highest BCUT2D eigenvalue weighted by atomic mass is 19.4. The molecule has 0 saturated heterocycles. The standard InChI is InChI=1S/C53H39F6N5O5/c1-2-61-41-18-14-35(52(54,55)56)28-43(41)64(50(67)46(48(61)65)33-13-20-45-32(27-33)23-26-69-45)38-16-11-31(12-17-38)22-25-62-42-19-15-36(53(57,58)59)29-44(42)63(37-8-4-3-5-9-37)51(68)47(49(62)66)40-10-6-7-34-30-60-24-21-39(34)40/h3-21,24,27-30,46-47H,2,22-23,25-26H2,1H3. The number of para-hydroxylation sites is 1. The third-order valence-electron chi connectivity index (χ3n) is 12.9. The van der Waals surface area contributed by atoms with Crippen molar-refractivity contribution in [3.63, 3.8) is 0 Å². The molecule has 7 aromatic rings. The Hall–Kier alpha value is -8.01. The Kier molecular flexibility index (Phi) is 11.2. The summed E-state index contributed by atoms with van der Waals surface area (Å²) in [6, 6.07) is 32.0. The number of likely N-dealkylation sites (N-methyl/N-ethyl adjacent to an activating group) is 1. The molecule has 3 aliphatic rings. The first kappa shape index (κ1) is 44.8. The smallest absolute Gasteiger partial charge is 0.416 e. The van der Waals surface area contributed by atoms with Crippen molar-refractivity contribution in [3.8, 4) is 5.75 Å². The Morgan fingerprint density at radius 2 is 1.23 bits per heavy atom. The van der Waals surface area contributed by atoms with Crippen LogP contribution in [0.3, 0.4) is 0 Å². The first-order chi connectivity index (χ1) is 33.1. The van der Waals surface area contributed by atoms with Crippen LogP contribution in [0.15, 0.2) is 146 Å². The van der Waals surface area contributed by atoms with E-state index in [-0.39, 0.29) is 53.6 Å². The summed E-state index contributed by atoms with van der Waals surface area (Å²) in [6.07, 6.45) is -5.87. The van der Waals surface area contributed by atoms with Gasteiger partial charge in [0, 0.05) is 48.7 Å². The SMILES string of the molecule is CCN1C(=O)C(c2ccc3c(c2)CCO3)C(=O)N(c2ccc(CCN3C(=O)C(c4cccc5cnccc45)C(=O)N(c4ccccc4)c4cc(C(F)(F)F)ccc43)cc2)c2cc(C(F)(F)F)ccc21. The molecule has 0 spiro atoms. The molecule has 6 aromatic carbocycles. The molecule has 10 rings (SSSR count). The van der Waals surface area contributed by atoms with E-state index in [2.05, 4.69) is 4.98 Å². The molecule has 0 aliphatic carbocycles. The molecule has 0 fully saturated rings. The summed E-state index contributed by atoms with van der Waals surface area (Å²) in [6.45, 7) is 1.99. The van der Waals surface area contributed by atoms with Gasteiger partial charge in [-0.1, -0.05) is 60.7 Å². The number of hydrogen-bond acceptors (Lipinski definition) is 6. The summed E-state index contributed by atoms with van der Waals surface area (Å²) in [5, 5.41) is 1.18. The fraction of sp³-hybridized carbons (Fsp3) is 0.189. The molecule has 4 amide bonds. The van der Waals surface area contributed by atoms with Crippen LogP contribution in [0.25, 0.3) is 10.8 Å². The van der Waals surface area contributed by atoms with E-state index in [9.17, 15) is 35.9 Å². The summed E-state index contributed by atoms with van der Waals surface area (Å²) in [7, 11) is 0. The fourth-order valence-corrected chi connectivity index (χ4v) is 9.53. The maximum Gasteiger partial charge on any atom is 0.416 e. The van der Waals surface area contributed by atoms with Crippen LogP contribution in [-0.2, 0) is 44.4 Å². The van der Waals surface area contributed by atoms with Crippen LogP contribution in [0.4, 0.5) is 60.5 Å². The number of carbonyl (C=O) groups excluding carboxylic acids is 4. The van der Waals surface area contributed by atoms with E-state index in [1.807, 2.05) is 0 Å². The Bertz CT molecular complexity index is 3190. The summed E-state index contributed by atoms with van der Waals surface area (Å²) >= 11 is 0. The average Bonchev–Trinajstić information content (AvgIpc) is 3.75. The van der Waals surface area contributed by atoms with Crippen molar-refractivity contribution in [2.45, 2.75) is 44.0 Å². The van der Waals surface area contributed by atoms with Crippen LogP contribution in [0.5, 0.6) is 5.75 Å². The van der Waals surface area contributed by atoms with Crippen LogP contribution in [-0.4, -0.2) is 48.3 Å². The monoisotopic (exact) mass is 939 g/mol. The molecule has 2 unspecified atom stereocenters. The number of amides is 4. The predicted octanol–water partition coefficient (Wildman–Crippen LogP) is 11.1. The van der Waals surface area contributed by atoms with Crippen LogP contribution in [0.1, 0.15) is 52.1 Å². The van der Waals surface area contributed by atoms with Crippen molar-refractivity contribution in [1.82, 2.24) is 4.98 Å². The Labute approximate surface area is 391 Å². The highest BCUT2D eigenvalue weighted by molar-refractivity contribution is 6.25. The molecule has 0 bridgehead atoms. The number of hydrogen-bond donors (Lipinski definition) is 0. The Morgan fingerprint density at radius 3 is 1.88 bits per heavy atom. The second kappa shape index (κ2) is 17.3. The number of anilines is 6. The van der Waals surface area contributed by atoms with Gasteiger partial charge in [-0.05, 0) is 114 Å². The second-order valence-corrected chi connectivity index (χ2v) is 16.8. The summed E-state index contributed by atoms with van der Waals surface area (Å²) < 4.78 is 92.0. The van der Waals surface area contributed by atoms with E-state index in [4.69, 9.17) is 4.74 Å². The minimum atomic E-state index is -4.80. The number of carbonyl (C=O) groups is 4. The predicted molar refractivity (Wildman–Crippen MR) is 247 cm³/mol. The van der Waals surface area contributed by atoms with Gasteiger partial charge in [-0.15, -0.1) is 0 Å². The maximum absolute atomic E-state index is 15.2. The zero-order valence-corrected chi connectivity index (χ0v) is 36.6. The van der Waals surface area contributed by atoms with Crippen LogP contribution >= 0.6 is 0 Å². The van der Waals surface area contributed by atoms with E-state index in [1.54, 1.807) is 98.0 Å². The van der Waals surface area contributed by atoms with Gasteiger partial charge in [0.15, 0.2) is 0 Å². The lowest BCUT2D eigenvalue weighted by Gasteiger charge is -2.27. The molecule has 16 heteroatoms. The van der Waals surface area contributed by atoms with Crippen molar-refractivity contribution in [1.29, 1.82) is 0 Å². The number of nitrogens with zero attached hydrogens (tertiary/aromatic N) is 5. The van der Waals surface area contributed by atoms with Crippen molar-refractivity contribution >= 4 is 68.5 Å². The molecule has 0 saturated carbocycles. The number of halogens is 6. The molecule has 4 heterocycles. The Morgan fingerprint density at radius 1 is 0.609 bits per heavy atom. The van der Waals surface area contributed by atoms with Gasteiger partial charge >= 0.3 is 12.4 Å². The number of ether oxygens (including phenoxy) is 1. The van der Waals surface area contributed by atoms with E-state index in [0.29, 0.717) is 46.2 Å². The third kappa shape index (κ3) is 7.98. The molecule has 3 aliphatic heterocycles. The van der Waals surface area contributed by atoms with Crippen molar-refractivity contribution in [2.24, 2.45) is 0 Å². The number of benzene rings is 6. The molecule has 348 valence electrons. The van der Waals surface area contributed by atoms with Crippen LogP contribution < -0.4 is 24.3 Å². The molecule has 2 atom stereocenters. The van der Waals surface area contributed by atoms with Crippen LogP contribution in [0.2, 0.25) is 0 Å². The van der Waals surface area contributed by atoms with Gasteiger partial charge in [0.1, 0.15) is 17.6 Å². The molecule has 0 radical (unpaired) electrons. The highest BCUT2D eigenvalue weighted by Crippen LogP contribution is 2.47. The lowest BCUT2D eigenvalue weighted by atomic mass is 9.91. The number of pyridine rings is 1. The summed E-state index contributed by atoms with van der Waals surface area (Å²) in [5.41, 5.74) is 0.195. The van der Waals surface area contributed by atoms with Gasteiger partial charge in [-0.3, -0.25) is 34.0 Å². The minimum absolute atomic E-state index is 0.0466. The summed E-state index contributed by atoms with van der Waals surface area (Å²) in [4.78, 5) is 68.6. The molecule has 10 nitrogen and oxygen atoms in total. The molecular weight excluding hydrogens is 901 g/mol. The van der Waals surface area contributed by atoms with E-state index in [1.165, 1.54) is 40.3 Å². The van der Waals surface area contributed by atoms with Crippen molar-refractivity contribution in [2.75, 3.05) is 39.3 Å². The van der Waals surface area contributed by atoms with Crippen LogP contribution in [0, 0.1) is 0 Å². The topological polar surface area (TPSA) is 103 Å². The number of fused-ring (bicyclic) bond motifs is 4. The minimum Gasteiger partial charge on any atom is -0.493 e. The zero-order chi connectivity index (χ0) is 48.4. The number of alkyl halides is 6. The third-order valence-corrected chi connectivity index (χ3v) is 12.9. The lowest BCUT2D eigenvalue weighted by molar-refractivity contribution is -0.138. The summed E-state index contributed by atoms with van der Waals surface area (Å²) in [5.74, 6) is -5.21. The maximum atomic E-state index is 15.2. The van der Waals surface area contributed by atoms with E-state index in [0.717, 1.165) is 39.6 Å². The van der Waals surface area contributed by atoms with E-state index >= 15 is 9.59 Å². The van der Waals surface area contributed by atoms with E-state index < -0.39 is 58.9 Å². The second-order valence-electron chi connectivity index (χ2n) is 16.8. The zero-order valence-electron chi connectivity index (χ0n) is 36.6. The van der Waals surface area contributed by atoms with Gasteiger partial charge in [0.2, 0.25) is 23.6 Å². The normalized spacial score (nSPS) is 17.4. The van der Waals surface area contributed by atoms with Crippen molar-refractivity contribution < 1.29 is 50.3 Å². The van der Waals surface area contributed by atoms with Gasteiger partial charge in [-0.25, -0.2) is 0 Å². The molecular formula is C53H39F6N5O5. The van der Waals surface area contributed by atoms with Gasteiger partial charge < -0.3 is 14.5 Å². The Balaban J connectivity index is 1.05. The molecule has 69 heavy (non-hydrogen) atoms. The first-order valence-corrected chi connectivity index (χ1v) is 22.1. The quantitative estimate of drug-likeness (QED) is 0.111. The van der Waals surface area contributed by atoms with Crippen molar-refractivity contribution in [3.05, 3.63) is 179 Å². The largest absolute Gasteiger partial charge is 0.493 e. The number of rotatable bonds is 8. The fourth-order valence-electron chi connectivity index (χ4n) is 9.53. The highest BCUT2D eigenvalue weighted by Gasteiger charge is 2.45. The molecule has 1 aromatic heterocycles. The average molecular weight is 940 g/mol. The van der Waals surface area contributed by atoms with Gasteiger partial charge in [0.25, 0.3) is 0 Å².